The van der Waals surface area contributed by atoms with Gasteiger partial charge in [0.25, 0.3) is 0 Å². The molecule has 0 aromatic heterocycles. The van der Waals surface area contributed by atoms with Crippen LogP contribution in [0.2, 0.25) is 10.0 Å². The van der Waals surface area contributed by atoms with E-state index in [9.17, 15) is 4.79 Å². The monoisotopic (exact) mass is 355 g/mol. The van der Waals surface area contributed by atoms with Gasteiger partial charge in [0.05, 0.1) is 29.3 Å². The van der Waals surface area contributed by atoms with Gasteiger partial charge in [-0.1, -0.05) is 35.2 Å². The fourth-order valence-electron chi connectivity index (χ4n) is 2.34. The number of nitrogens with zero attached hydrogens (tertiary/aromatic N) is 1. The first-order chi connectivity index (χ1) is 11.1. The number of urea groups is 1. The summed E-state index contributed by atoms with van der Waals surface area (Å²) in [5.74, 6) is 2.35. The van der Waals surface area contributed by atoms with Gasteiger partial charge < -0.3 is 15.4 Å². The van der Waals surface area contributed by atoms with E-state index in [-0.39, 0.29) is 18.7 Å². The largest absolute Gasteiger partial charge is 0.374 e. The van der Waals surface area contributed by atoms with Gasteiger partial charge in [0.15, 0.2) is 0 Å². The van der Waals surface area contributed by atoms with Crippen molar-refractivity contribution < 1.29 is 9.53 Å². The average molecular weight is 356 g/mol. The Labute approximate surface area is 146 Å². The van der Waals surface area contributed by atoms with Crippen LogP contribution in [0.1, 0.15) is 5.56 Å². The maximum Gasteiger partial charge on any atom is 0.315 e. The van der Waals surface area contributed by atoms with Gasteiger partial charge >= 0.3 is 6.03 Å². The number of ether oxygens (including phenoxy) is 1. The van der Waals surface area contributed by atoms with E-state index in [1.54, 1.807) is 6.07 Å². The Bertz CT molecular complexity index is 589. The Balaban J connectivity index is 1.80. The van der Waals surface area contributed by atoms with E-state index in [0.717, 1.165) is 25.2 Å². The van der Waals surface area contributed by atoms with E-state index in [4.69, 9.17) is 34.4 Å². The van der Waals surface area contributed by atoms with E-state index in [1.807, 2.05) is 12.1 Å². The second-order valence-corrected chi connectivity index (χ2v) is 6.06. The third kappa shape index (κ3) is 5.92. The number of nitrogens with one attached hydrogen (secondary N) is 2. The standard InChI is InChI=1S/C16H19Cl2N3O2/c1-2-5-19-16(22)20-9-13-11-21(6-7-23-13)10-12-3-4-14(17)15(18)8-12/h1,3-4,8,13H,5-7,9-11H2,(H2,19,20,22)/t13-/m1/s1. The molecule has 23 heavy (non-hydrogen) atoms. The highest BCUT2D eigenvalue weighted by Gasteiger charge is 2.21. The quantitative estimate of drug-likeness (QED) is 0.795. The molecular formula is C16H19Cl2N3O2. The van der Waals surface area contributed by atoms with E-state index in [2.05, 4.69) is 21.5 Å². The number of amides is 2. The van der Waals surface area contributed by atoms with E-state index in [1.165, 1.54) is 0 Å². The van der Waals surface area contributed by atoms with Crippen molar-refractivity contribution in [3.63, 3.8) is 0 Å². The lowest BCUT2D eigenvalue weighted by molar-refractivity contribution is -0.0286. The number of benzene rings is 1. The molecule has 1 heterocycles. The van der Waals surface area contributed by atoms with Gasteiger partial charge in [0.2, 0.25) is 0 Å². The summed E-state index contributed by atoms with van der Waals surface area (Å²) in [6.07, 6.45) is 5.03. The number of carbonyl (C=O) groups is 1. The van der Waals surface area contributed by atoms with Gasteiger partial charge in [-0.3, -0.25) is 4.90 Å². The number of carbonyl (C=O) groups excluding carboxylic acids is 1. The van der Waals surface area contributed by atoms with Crippen molar-refractivity contribution in [2.75, 3.05) is 32.8 Å². The molecule has 0 radical (unpaired) electrons. The molecule has 1 saturated heterocycles. The third-order valence-corrected chi connectivity index (χ3v) is 4.19. The highest BCUT2D eigenvalue weighted by Crippen LogP contribution is 2.23. The van der Waals surface area contributed by atoms with Gasteiger partial charge in [-0.25, -0.2) is 4.79 Å². The number of terminal acetylenes is 1. The smallest absolute Gasteiger partial charge is 0.315 e. The Hall–Kier alpha value is -1.45. The van der Waals surface area contributed by atoms with Crippen molar-refractivity contribution in [1.82, 2.24) is 15.5 Å². The molecule has 0 saturated carbocycles. The summed E-state index contributed by atoms with van der Waals surface area (Å²) < 4.78 is 5.67. The predicted molar refractivity (Wildman–Crippen MR) is 91.7 cm³/mol. The first-order valence-electron chi connectivity index (χ1n) is 7.31. The van der Waals surface area contributed by atoms with Crippen molar-refractivity contribution in [1.29, 1.82) is 0 Å². The predicted octanol–water partition coefficient (Wildman–Crippen LogP) is 2.13. The van der Waals surface area contributed by atoms with Crippen molar-refractivity contribution in [2.45, 2.75) is 12.6 Å². The molecule has 124 valence electrons. The zero-order chi connectivity index (χ0) is 16.7. The van der Waals surface area contributed by atoms with Crippen molar-refractivity contribution >= 4 is 29.2 Å². The molecule has 2 N–H and O–H groups in total. The topological polar surface area (TPSA) is 53.6 Å². The molecule has 1 aliphatic rings. The molecule has 5 nitrogen and oxygen atoms in total. The van der Waals surface area contributed by atoms with E-state index >= 15 is 0 Å². The number of halogens is 2. The summed E-state index contributed by atoms with van der Waals surface area (Å²) in [6.45, 7) is 3.60. The molecule has 1 fully saturated rings. The molecule has 2 rings (SSSR count). The van der Waals surface area contributed by atoms with E-state index in [0.29, 0.717) is 23.2 Å². The summed E-state index contributed by atoms with van der Waals surface area (Å²) in [6, 6.07) is 5.35. The SMILES string of the molecule is C#CCNC(=O)NC[C@@H]1CN(Cc2ccc(Cl)c(Cl)c2)CCO1. The Kier molecular flexibility index (Phi) is 7.00. The lowest BCUT2D eigenvalue weighted by Gasteiger charge is -2.33. The second-order valence-electron chi connectivity index (χ2n) is 5.24. The molecule has 1 aromatic rings. The van der Waals surface area contributed by atoms with Crippen LogP contribution in [0.15, 0.2) is 18.2 Å². The molecule has 0 unspecified atom stereocenters. The maximum atomic E-state index is 11.5. The summed E-state index contributed by atoms with van der Waals surface area (Å²) >= 11 is 12.0. The highest BCUT2D eigenvalue weighted by molar-refractivity contribution is 6.42. The first-order valence-corrected chi connectivity index (χ1v) is 8.07. The van der Waals surface area contributed by atoms with E-state index < -0.39 is 0 Å². The van der Waals surface area contributed by atoms with Crippen LogP contribution < -0.4 is 10.6 Å². The lowest BCUT2D eigenvalue weighted by Crippen LogP contribution is -2.48. The second kappa shape index (κ2) is 8.99. The zero-order valence-electron chi connectivity index (χ0n) is 12.6. The normalized spacial score (nSPS) is 18.2. The summed E-state index contributed by atoms with van der Waals surface area (Å²) in [5.41, 5.74) is 1.10. The van der Waals surface area contributed by atoms with Crippen LogP contribution in [0.4, 0.5) is 4.79 Å². The minimum Gasteiger partial charge on any atom is -0.374 e. The van der Waals surface area contributed by atoms with Crippen LogP contribution in [0.5, 0.6) is 0 Å². The van der Waals surface area contributed by atoms with Crippen LogP contribution in [-0.2, 0) is 11.3 Å². The molecule has 1 aliphatic heterocycles. The van der Waals surface area contributed by atoms with Gasteiger partial charge in [0.1, 0.15) is 0 Å². The molecule has 7 heteroatoms. The average Bonchev–Trinajstić information content (AvgIpc) is 2.55. The molecule has 0 aliphatic carbocycles. The molecule has 0 spiro atoms. The molecular weight excluding hydrogens is 337 g/mol. The van der Waals surface area contributed by atoms with Crippen LogP contribution in [0, 0.1) is 12.3 Å². The number of hydrogen-bond donors (Lipinski definition) is 2. The minimum absolute atomic E-state index is 0.0527. The van der Waals surface area contributed by atoms with Crippen molar-refractivity contribution in [2.24, 2.45) is 0 Å². The summed E-state index contributed by atoms with van der Waals surface area (Å²) in [4.78, 5) is 13.7. The van der Waals surface area contributed by atoms with Gasteiger partial charge in [-0.2, -0.15) is 0 Å². The first kappa shape index (κ1) is 17.9. The van der Waals surface area contributed by atoms with Gasteiger partial charge in [-0.05, 0) is 17.7 Å². The number of hydrogen-bond acceptors (Lipinski definition) is 3. The zero-order valence-corrected chi connectivity index (χ0v) is 14.2. The van der Waals surface area contributed by atoms with Crippen LogP contribution in [0.25, 0.3) is 0 Å². The van der Waals surface area contributed by atoms with Crippen LogP contribution in [0.3, 0.4) is 0 Å². The highest BCUT2D eigenvalue weighted by atomic mass is 35.5. The fraction of sp³-hybridized carbons (Fsp3) is 0.438. The molecule has 1 aromatic carbocycles. The Morgan fingerprint density at radius 3 is 2.96 bits per heavy atom. The molecule has 0 bridgehead atoms. The summed E-state index contributed by atoms with van der Waals surface area (Å²) in [5, 5.41) is 6.41. The van der Waals surface area contributed by atoms with Gasteiger partial charge in [-0.15, -0.1) is 6.42 Å². The number of rotatable bonds is 5. The van der Waals surface area contributed by atoms with Crippen molar-refractivity contribution in [3.05, 3.63) is 33.8 Å². The van der Waals surface area contributed by atoms with Crippen molar-refractivity contribution in [3.8, 4) is 12.3 Å². The van der Waals surface area contributed by atoms with Gasteiger partial charge in [0, 0.05) is 26.2 Å². The Morgan fingerprint density at radius 1 is 1.39 bits per heavy atom. The maximum absolute atomic E-state index is 11.5. The fourth-order valence-corrected chi connectivity index (χ4v) is 2.66. The molecule has 2 amide bonds. The lowest BCUT2D eigenvalue weighted by atomic mass is 10.2. The minimum atomic E-state index is -0.284. The third-order valence-electron chi connectivity index (χ3n) is 3.45. The summed E-state index contributed by atoms with van der Waals surface area (Å²) in [7, 11) is 0. The Morgan fingerprint density at radius 2 is 2.22 bits per heavy atom. The molecule has 1 atom stereocenters. The van der Waals surface area contributed by atoms with Crippen LogP contribution >= 0.6 is 23.2 Å². The van der Waals surface area contributed by atoms with Crippen LogP contribution in [-0.4, -0.2) is 49.8 Å². The number of morpholine rings is 1.